The van der Waals surface area contributed by atoms with Gasteiger partial charge in [0.15, 0.2) is 5.96 Å². The number of guanidine groups is 1. The molecule has 1 heterocycles. The van der Waals surface area contributed by atoms with Crippen molar-refractivity contribution in [1.82, 2.24) is 10.6 Å². The van der Waals surface area contributed by atoms with Gasteiger partial charge in [-0.2, -0.15) is 0 Å². The predicted molar refractivity (Wildman–Crippen MR) is 121 cm³/mol. The summed E-state index contributed by atoms with van der Waals surface area (Å²) in [4.78, 5) is 4.24. The number of hydrogen-bond acceptors (Lipinski definition) is 5. The lowest BCUT2D eigenvalue weighted by atomic mass is 10.1. The van der Waals surface area contributed by atoms with Gasteiger partial charge in [0, 0.05) is 26.7 Å². The zero-order chi connectivity index (χ0) is 19.3. The molecule has 0 aliphatic rings. The Kier molecular flexibility index (Phi) is 12.1. The van der Waals surface area contributed by atoms with Crippen LogP contribution in [0, 0.1) is 0 Å². The van der Waals surface area contributed by atoms with E-state index < -0.39 is 0 Å². The second-order valence-corrected chi connectivity index (χ2v) is 5.84. The molecule has 0 fully saturated rings. The van der Waals surface area contributed by atoms with Crippen molar-refractivity contribution in [2.24, 2.45) is 4.99 Å². The molecule has 0 radical (unpaired) electrons. The minimum absolute atomic E-state index is 0. The number of furan rings is 1. The molecule has 0 aliphatic carbocycles. The van der Waals surface area contributed by atoms with Crippen molar-refractivity contribution in [3.63, 3.8) is 0 Å². The molecule has 28 heavy (non-hydrogen) atoms. The van der Waals surface area contributed by atoms with Crippen molar-refractivity contribution >= 4 is 29.9 Å². The van der Waals surface area contributed by atoms with Gasteiger partial charge in [0.2, 0.25) is 0 Å². The largest absolute Gasteiger partial charge is 0.497 e. The second-order valence-electron chi connectivity index (χ2n) is 5.84. The van der Waals surface area contributed by atoms with Crippen molar-refractivity contribution in [3.8, 4) is 11.5 Å². The number of rotatable bonds is 11. The average molecular weight is 503 g/mol. The lowest BCUT2D eigenvalue weighted by Gasteiger charge is -2.14. The maximum Gasteiger partial charge on any atom is 0.190 e. The molecule has 2 aromatic rings. The summed E-state index contributed by atoms with van der Waals surface area (Å²) >= 11 is 0. The van der Waals surface area contributed by atoms with Crippen molar-refractivity contribution in [1.29, 1.82) is 0 Å². The van der Waals surface area contributed by atoms with Gasteiger partial charge in [-0.25, -0.2) is 0 Å². The minimum Gasteiger partial charge on any atom is -0.497 e. The summed E-state index contributed by atoms with van der Waals surface area (Å²) in [6, 6.07) is 9.57. The second kappa shape index (κ2) is 14.1. The first-order valence-electron chi connectivity index (χ1n) is 9.02. The molecule has 0 amide bonds. The van der Waals surface area contributed by atoms with Crippen LogP contribution in [0.4, 0.5) is 0 Å². The fourth-order valence-corrected chi connectivity index (χ4v) is 2.56. The van der Waals surface area contributed by atoms with Crippen LogP contribution < -0.4 is 20.1 Å². The molecule has 0 bridgehead atoms. The third-order valence-corrected chi connectivity index (χ3v) is 3.98. The highest BCUT2D eigenvalue weighted by molar-refractivity contribution is 14.0. The van der Waals surface area contributed by atoms with Crippen molar-refractivity contribution in [3.05, 3.63) is 47.9 Å². The van der Waals surface area contributed by atoms with E-state index >= 15 is 0 Å². The van der Waals surface area contributed by atoms with Gasteiger partial charge in [0.25, 0.3) is 0 Å². The smallest absolute Gasteiger partial charge is 0.190 e. The van der Waals surface area contributed by atoms with Gasteiger partial charge in [-0.3, -0.25) is 4.99 Å². The maximum atomic E-state index is 5.56. The number of halogens is 1. The molecule has 0 spiro atoms. The van der Waals surface area contributed by atoms with Crippen molar-refractivity contribution in [2.45, 2.75) is 19.4 Å². The Balaban J connectivity index is 0.00000392. The highest BCUT2D eigenvalue weighted by atomic mass is 127. The number of aliphatic imine (C=N–C) groups is 1. The average Bonchev–Trinajstić information content (AvgIpc) is 3.22. The lowest BCUT2D eigenvalue weighted by molar-refractivity contribution is 0.105. The molecule has 7 nitrogen and oxygen atoms in total. The molecule has 0 saturated carbocycles. The lowest BCUT2D eigenvalue weighted by Crippen LogP contribution is -2.39. The Bertz CT molecular complexity index is 693. The summed E-state index contributed by atoms with van der Waals surface area (Å²) in [5.74, 6) is 3.29. The zero-order valence-corrected chi connectivity index (χ0v) is 19.0. The van der Waals surface area contributed by atoms with E-state index in [1.165, 1.54) is 0 Å². The molecule has 1 aromatic carbocycles. The molecule has 0 unspecified atom stereocenters. The highest BCUT2D eigenvalue weighted by Crippen LogP contribution is 2.24. The van der Waals surface area contributed by atoms with Crippen LogP contribution in [0.3, 0.4) is 0 Å². The molecule has 0 aliphatic heterocycles. The molecule has 0 atom stereocenters. The SMILES string of the molecule is CN=C(NCCCOCc1ccco1)NCCc1cc(OC)ccc1OC.I. The Morgan fingerprint density at radius 1 is 1.11 bits per heavy atom. The monoisotopic (exact) mass is 503 g/mol. The van der Waals surface area contributed by atoms with Crippen LogP contribution in [0.5, 0.6) is 11.5 Å². The Morgan fingerprint density at radius 2 is 1.93 bits per heavy atom. The number of nitrogens with one attached hydrogen (secondary N) is 2. The summed E-state index contributed by atoms with van der Waals surface area (Å²) in [5.41, 5.74) is 1.09. The van der Waals surface area contributed by atoms with Gasteiger partial charge in [-0.05, 0) is 48.7 Å². The summed E-state index contributed by atoms with van der Waals surface area (Å²) in [6.45, 7) is 2.67. The quantitative estimate of drug-likeness (QED) is 0.212. The zero-order valence-electron chi connectivity index (χ0n) is 16.7. The molecule has 156 valence electrons. The molecular formula is C20H30IN3O4. The minimum atomic E-state index is 0. The summed E-state index contributed by atoms with van der Waals surface area (Å²) in [7, 11) is 5.09. The summed E-state index contributed by atoms with van der Waals surface area (Å²) in [5, 5.41) is 6.59. The number of ether oxygens (including phenoxy) is 3. The summed E-state index contributed by atoms with van der Waals surface area (Å²) < 4.78 is 21.5. The van der Waals surface area contributed by atoms with Gasteiger partial charge in [0.1, 0.15) is 23.9 Å². The van der Waals surface area contributed by atoms with Crippen LogP contribution in [-0.2, 0) is 17.8 Å². The molecule has 1 aromatic heterocycles. The van der Waals surface area contributed by atoms with Crippen LogP contribution in [0.15, 0.2) is 46.0 Å². The van der Waals surface area contributed by atoms with E-state index in [2.05, 4.69) is 15.6 Å². The topological polar surface area (TPSA) is 77.3 Å². The number of hydrogen-bond donors (Lipinski definition) is 2. The Hall–Kier alpha value is -1.94. The van der Waals surface area contributed by atoms with E-state index in [0.717, 1.165) is 54.7 Å². The standard InChI is InChI=1S/C20H29N3O4.HI/c1-21-20(22-10-5-12-26-15-18-6-4-13-27-18)23-11-9-16-14-17(24-2)7-8-19(16)25-3;/h4,6-8,13-14H,5,9-12,15H2,1-3H3,(H2,21,22,23);1H. The van der Waals surface area contributed by atoms with E-state index in [0.29, 0.717) is 13.2 Å². The van der Waals surface area contributed by atoms with E-state index in [1.54, 1.807) is 27.5 Å². The summed E-state index contributed by atoms with van der Waals surface area (Å²) in [6.07, 6.45) is 3.33. The first kappa shape index (κ1) is 24.1. The van der Waals surface area contributed by atoms with Gasteiger partial charge in [-0.15, -0.1) is 24.0 Å². The van der Waals surface area contributed by atoms with E-state index in [9.17, 15) is 0 Å². The maximum absolute atomic E-state index is 5.56. The number of methoxy groups -OCH3 is 2. The molecule has 2 rings (SSSR count). The van der Waals surface area contributed by atoms with Gasteiger partial charge in [-0.1, -0.05) is 0 Å². The van der Waals surface area contributed by atoms with Gasteiger partial charge < -0.3 is 29.3 Å². The molecule has 0 saturated heterocycles. The van der Waals surface area contributed by atoms with E-state index in [4.69, 9.17) is 18.6 Å². The third kappa shape index (κ3) is 8.39. The van der Waals surface area contributed by atoms with Crippen LogP contribution >= 0.6 is 24.0 Å². The molecular weight excluding hydrogens is 473 g/mol. The normalized spacial score (nSPS) is 10.9. The highest BCUT2D eigenvalue weighted by Gasteiger charge is 2.06. The Morgan fingerprint density at radius 3 is 2.61 bits per heavy atom. The Labute approximate surface area is 183 Å². The number of nitrogens with zero attached hydrogens (tertiary/aromatic N) is 1. The fourth-order valence-electron chi connectivity index (χ4n) is 2.56. The van der Waals surface area contributed by atoms with Crippen LogP contribution in [0.2, 0.25) is 0 Å². The van der Waals surface area contributed by atoms with Crippen LogP contribution in [0.25, 0.3) is 0 Å². The first-order valence-corrected chi connectivity index (χ1v) is 9.02. The fraction of sp³-hybridized carbons (Fsp3) is 0.450. The number of benzene rings is 1. The van der Waals surface area contributed by atoms with Crippen LogP contribution in [0.1, 0.15) is 17.7 Å². The molecule has 2 N–H and O–H groups in total. The van der Waals surface area contributed by atoms with Gasteiger partial charge in [0.05, 0.1) is 20.5 Å². The van der Waals surface area contributed by atoms with Crippen molar-refractivity contribution < 1.29 is 18.6 Å². The predicted octanol–water partition coefficient (Wildman–Crippen LogP) is 3.23. The van der Waals surface area contributed by atoms with E-state index in [1.807, 2.05) is 30.3 Å². The van der Waals surface area contributed by atoms with Crippen molar-refractivity contribution in [2.75, 3.05) is 41.0 Å². The molecule has 8 heteroatoms. The third-order valence-electron chi connectivity index (χ3n) is 3.98. The van der Waals surface area contributed by atoms with Crippen LogP contribution in [-0.4, -0.2) is 46.9 Å². The van der Waals surface area contributed by atoms with E-state index in [-0.39, 0.29) is 24.0 Å². The van der Waals surface area contributed by atoms with Gasteiger partial charge >= 0.3 is 0 Å². The first-order chi connectivity index (χ1) is 13.3.